The molecule has 0 aromatic carbocycles. The van der Waals surface area contributed by atoms with Crippen LogP contribution in [-0.2, 0) is 9.53 Å². The third-order valence-corrected chi connectivity index (χ3v) is 2.86. The largest absolute Gasteiger partial charge is 0.461 e. The Morgan fingerprint density at radius 3 is 2.47 bits per heavy atom. The molecule has 0 spiro atoms. The maximum absolute atomic E-state index is 11.1. The van der Waals surface area contributed by atoms with Crippen molar-refractivity contribution in [2.45, 2.75) is 31.9 Å². The van der Waals surface area contributed by atoms with Crippen LogP contribution < -0.4 is 0 Å². The summed E-state index contributed by atoms with van der Waals surface area (Å²) in [6.07, 6.45) is 9.58. The second-order valence-corrected chi connectivity index (χ2v) is 4.19. The number of rotatable bonds is 6. The van der Waals surface area contributed by atoms with Gasteiger partial charge in [-0.05, 0) is 6.42 Å². The summed E-state index contributed by atoms with van der Waals surface area (Å²) in [7, 11) is 0. The van der Waals surface area contributed by atoms with Crippen LogP contribution in [0.1, 0.15) is 19.8 Å². The molecule has 0 N–H and O–H groups in total. The van der Waals surface area contributed by atoms with Gasteiger partial charge in [0.15, 0.2) is 0 Å². The summed E-state index contributed by atoms with van der Waals surface area (Å²) in [4.78, 5) is 13.3. The van der Waals surface area contributed by atoms with Crippen LogP contribution in [0.25, 0.3) is 0 Å². The van der Waals surface area contributed by atoms with Crippen molar-refractivity contribution in [1.29, 1.82) is 0 Å². The van der Waals surface area contributed by atoms with Crippen LogP contribution in [0, 0.1) is 0 Å². The van der Waals surface area contributed by atoms with Crippen LogP contribution >= 0.6 is 0 Å². The number of ether oxygens (including phenoxy) is 1. The van der Waals surface area contributed by atoms with Gasteiger partial charge < -0.3 is 4.74 Å². The number of hydrogen-bond donors (Lipinski definition) is 0. The minimum atomic E-state index is -0.215. The molecule has 0 saturated heterocycles. The lowest BCUT2D eigenvalue weighted by atomic mass is 9.96. The van der Waals surface area contributed by atoms with Gasteiger partial charge in [0.1, 0.15) is 6.10 Å². The van der Waals surface area contributed by atoms with Crippen molar-refractivity contribution in [1.82, 2.24) is 4.90 Å². The Morgan fingerprint density at radius 2 is 1.94 bits per heavy atom. The first-order chi connectivity index (χ1) is 8.19. The third kappa shape index (κ3) is 4.19. The van der Waals surface area contributed by atoms with Crippen molar-refractivity contribution in [2.75, 3.05) is 13.1 Å². The van der Waals surface area contributed by atoms with E-state index in [1.54, 1.807) is 0 Å². The number of nitrogens with zero attached hydrogens (tertiary/aromatic N) is 1. The maximum atomic E-state index is 11.1. The normalized spacial score (nSPS) is 23.4. The summed E-state index contributed by atoms with van der Waals surface area (Å²) < 4.78 is 5.38. The van der Waals surface area contributed by atoms with Crippen LogP contribution in [0.5, 0.6) is 0 Å². The molecule has 1 aliphatic carbocycles. The molecule has 0 fully saturated rings. The molecular formula is C14H21NO2. The first-order valence-electron chi connectivity index (χ1n) is 5.97. The second kappa shape index (κ2) is 7.07. The quantitative estimate of drug-likeness (QED) is 0.522. The van der Waals surface area contributed by atoms with Crippen molar-refractivity contribution in [3.05, 3.63) is 37.5 Å². The number of esters is 1. The van der Waals surface area contributed by atoms with Gasteiger partial charge >= 0.3 is 5.97 Å². The fourth-order valence-electron chi connectivity index (χ4n) is 2.18. The number of carbonyl (C=O) groups is 1. The monoisotopic (exact) mass is 235 g/mol. The summed E-state index contributed by atoms with van der Waals surface area (Å²) in [5.74, 6) is -0.215. The minimum Gasteiger partial charge on any atom is -0.461 e. The van der Waals surface area contributed by atoms with Crippen molar-refractivity contribution < 1.29 is 9.53 Å². The van der Waals surface area contributed by atoms with Crippen molar-refractivity contribution in [2.24, 2.45) is 0 Å². The van der Waals surface area contributed by atoms with E-state index in [9.17, 15) is 4.79 Å². The first-order valence-corrected chi connectivity index (χ1v) is 5.97. The summed E-state index contributed by atoms with van der Waals surface area (Å²) in [6, 6.07) is 0.222. The summed E-state index contributed by atoms with van der Waals surface area (Å²) in [5.41, 5.74) is 0. The average Bonchev–Trinajstić information content (AvgIpc) is 2.29. The lowest BCUT2D eigenvalue weighted by molar-refractivity contribution is -0.149. The van der Waals surface area contributed by atoms with Gasteiger partial charge in [-0.15, -0.1) is 13.2 Å². The third-order valence-electron chi connectivity index (χ3n) is 2.86. The fraction of sp³-hybridized carbons (Fsp3) is 0.500. The molecule has 0 aliphatic heterocycles. The fourth-order valence-corrected chi connectivity index (χ4v) is 2.18. The minimum absolute atomic E-state index is 0.0580. The van der Waals surface area contributed by atoms with Gasteiger partial charge in [0, 0.05) is 26.4 Å². The molecule has 0 radical (unpaired) electrons. The lowest BCUT2D eigenvalue weighted by Crippen LogP contribution is -2.46. The van der Waals surface area contributed by atoms with Crippen molar-refractivity contribution in [3.8, 4) is 0 Å². The van der Waals surface area contributed by atoms with E-state index < -0.39 is 0 Å². The lowest BCUT2D eigenvalue weighted by Gasteiger charge is -2.36. The number of hydrogen-bond acceptors (Lipinski definition) is 3. The smallest absolute Gasteiger partial charge is 0.302 e. The molecule has 3 heteroatoms. The zero-order chi connectivity index (χ0) is 12.7. The molecular weight excluding hydrogens is 214 g/mol. The first kappa shape index (κ1) is 13.7. The molecule has 0 saturated carbocycles. The van der Waals surface area contributed by atoms with E-state index in [1.807, 2.05) is 12.2 Å². The van der Waals surface area contributed by atoms with Gasteiger partial charge in [-0.25, -0.2) is 0 Å². The van der Waals surface area contributed by atoms with E-state index >= 15 is 0 Å². The van der Waals surface area contributed by atoms with Gasteiger partial charge in [-0.1, -0.05) is 24.3 Å². The SMILES string of the molecule is C=CCN(CC=C)[C@@H]1CC=CC[C@H]1OC(C)=O. The van der Waals surface area contributed by atoms with Crippen LogP contribution in [0.15, 0.2) is 37.5 Å². The highest BCUT2D eigenvalue weighted by molar-refractivity contribution is 5.66. The summed E-state index contributed by atoms with van der Waals surface area (Å²) in [6.45, 7) is 10.5. The van der Waals surface area contributed by atoms with E-state index in [4.69, 9.17) is 4.74 Å². The van der Waals surface area contributed by atoms with Gasteiger partial charge in [-0.2, -0.15) is 0 Å². The topological polar surface area (TPSA) is 29.5 Å². The van der Waals surface area contributed by atoms with Gasteiger partial charge in [0.05, 0.1) is 6.04 Å². The maximum Gasteiger partial charge on any atom is 0.302 e. The predicted octanol–water partition coefficient (Wildman–Crippen LogP) is 2.31. The predicted molar refractivity (Wildman–Crippen MR) is 69.7 cm³/mol. The van der Waals surface area contributed by atoms with E-state index in [1.165, 1.54) is 6.92 Å². The Morgan fingerprint density at radius 1 is 1.35 bits per heavy atom. The molecule has 3 nitrogen and oxygen atoms in total. The van der Waals surface area contributed by atoms with E-state index in [-0.39, 0.29) is 18.1 Å². The van der Waals surface area contributed by atoms with Crippen molar-refractivity contribution >= 4 is 5.97 Å². The molecule has 0 bridgehead atoms. The highest BCUT2D eigenvalue weighted by atomic mass is 16.5. The standard InChI is InChI=1S/C14H21NO2/c1-4-10-15(11-5-2)13-8-6-7-9-14(13)17-12(3)16/h4-7,13-14H,1-2,8-11H2,3H3/t13-,14-/m1/s1. The molecule has 0 amide bonds. The van der Waals surface area contributed by atoms with Gasteiger partial charge in [0.25, 0.3) is 0 Å². The van der Waals surface area contributed by atoms with Crippen LogP contribution in [0.2, 0.25) is 0 Å². The van der Waals surface area contributed by atoms with Crippen molar-refractivity contribution in [3.63, 3.8) is 0 Å². The van der Waals surface area contributed by atoms with E-state index in [2.05, 4.69) is 30.2 Å². The molecule has 0 heterocycles. The molecule has 94 valence electrons. The average molecular weight is 235 g/mol. The molecule has 17 heavy (non-hydrogen) atoms. The molecule has 1 rings (SSSR count). The van der Waals surface area contributed by atoms with Crippen LogP contribution in [0.3, 0.4) is 0 Å². The van der Waals surface area contributed by atoms with Crippen LogP contribution in [0.4, 0.5) is 0 Å². The highest BCUT2D eigenvalue weighted by Crippen LogP contribution is 2.21. The Hall–Kier alpha value is -1.35. The Kier molecular flexibility index (Phi) is 5.70. The molecule has 2 atom stereocenters. The molecule has 0 unspecified atom stereocenters. The summed E-state index contributed by atoms with van der Waals surface area (Å²) in [5, 5.41) is 0. The second-order valence-electron chi connectivity index (χ2n) is 4.19. The summed E-state index contributed by atoms with van der Waals surface area (Å²) >= 11 is 0. The van der Waals surface area contributed by atoms with E-state index in [0.717, 1.165) is 25.9 Å². The molecule has 0 aromatic heterocycles. The molecule has 0 aromatic rings. The van der Waals surface area contributed by atoms with Gasteiger partial charge in [-0.3, -0.25) is 9.69 Å². The Labute approximate surface area is 103 Å². The van der Waals surface area contributed by atoms with Gasteiger partial charge in [0.2, 0.25) is 0 Å². The molecule has 1 aliphatic rings. The Bertz CT molecular complexity index is 299. The number of carbonyl (C=O) groups excluding carboxylic acids is 1. The zero-order valence-corrected chi connectivity index (χ0v) is 10.5. The van der Waals surface area contributed by atoms with E-state index in [0.29, 0.717) is 0 Å². The highest BCUT2D eigenvalue weighted by Gasteiger charge is 2.29. The van der Waals surface area contributed by atoms with Crippen LogP contribution in [-0.4, -0.2) is 36.1 Å². The zero-order valence-electron chi connectivity index (χ0n) is 10.5. The Balaban J connectivity index is 2.73.